The molecule has 1 heterocycles. The van der Waals surface area contributed by atoms with E-state index in [0.29, 0.717) is 12.4 Å². The third-order valence-electron chi connectivity index (χ3n) is 5.15. The zero-order chi connectivity index (χ0) is 25.4. The van der Waals surface area contributed by atoms with Crippen LogP contribution < -0.4 is 15.4 Å². The molecule has 0 fully saturated rings. The Hall–Kier alpha value is -3.29. The Morgan fingerprint density at radius 1 is 1.06 bits per heavy atom. The molecule has 35 heavy (non-hydrogen) atoms. The predicted octanol–water partition coefficient (Wildman–Crippen LogP) is 5.31. The highest BCUT2D eigenvalue weighted by molar-refractivity contribution is 6.39. The minimum atomic E-state index is -1.16. The summed E-state index contributed by atoms with van der Waals surface area (Å²) in [6.45, 7) is 5.24. The zero-order valence-electron chi connectivity index (χ0n) is 19.5. The van der Waals surface area contributed by atoms with Crippen molar-refractivity contribution < 1.29 is 19.4 Å². The van der Waals surface area contributed by atoms with E-state index in [4.69, 9.17) is 27.9 Å². The van der Waals surface area contributed by atoms with Gasteiger partial charge >= 0.3 is 5.97 Å². The van der Waals surface area contributed by atoms with E-state index < -0.39 is 17.9 Å². The number of aryl methyl sites for hydroxylation is 2. The number of pyridine rings is 1. The molecule has 9 heteroatoms. The maximum atomic E-state index is 12.6. The van der Waals surface area contributed by atoms with Gasteiger partial charge in [0.2, 0.25) is 0 Å². The summed E-state index contributed by atoms with van der Waals surface area (Å²) in [5.41, 5.74) is 2.92. The number of benzene rings is 2. The topological polar surface area (TPSA) is 101 Å². The molecule has 0 aliphatic heterocycles. The summed E-state index contributed by atoms with van der Waals surface area (Å²) in [4.78, 5) is 28.7. The van der Waals surface area contributed by atoms with Crippen molar-refractivity contribution in [1.82, 2.24) is 10.3 Å². The smallest absolute Gasteiger partial charge is 0.326 e. The number of hydrogen-bond acceptors (Lipinski definition) is 5. The van der Waals surface area contributed by atoms with Crippen molar-refractivity contribution in [3.8, 4) is 5.75 Å². The number of nitrogens with zero attached hydrogens (tertiary/aromatic N) is 1. The Bertz CT molecular complexity index is 1150. The molecule has 0 unspecified atom stereocenters. The first-order chi connectivity index (χ1) is 16.7. The largest absolute Gasteiger partial charge is 0.494 e. The van der Waals surface area contributed by atoms with Crippen molar-refractivity contribution in [1.29, 1.82) is 0 Å². The lowest BCUT2D eigenvalue weighted by Gasteiger charge is -2.16. The van der Waals surface area contributed by atoms with E-state index in [9.17, 15) is 14.7 Å². The summed E-state index contributed by atoms with van der Waals surface area (Å²) in [5.74, 6) is -0.272. The average molecular weight is 516 g/mol. The standard InChI is InChI=1S/C26H27Cl2N3O4/c1-16-13-17(2)30-23(14-16)29-11-4-12-35-19-9-7-18(8-10-19)15-22(26(33)34)31-25(32)24-20(27)5-3-6-21(24)28/h3,5-10,13-14,22H,4,11-12,15H2,1-2H3,(H,29,30)(H,31,32)(H,33,34)/t22-/m0/s1. The SMILES string of the molecule is Cc1cc(C)nc(NCCCOc2ccc(C[C@H](NC(=O)c3c(Cl)cccc3Cl)C(=O)O)cc2)c1. The van der Waals surface area contributed by atoms with E-state index >= 15 is 0 Å². The van der Waals surface area contributed by atoms with Crippen LogP contribution in [0.4, 0.5) is 5.82 Å². The van der Waals surface area contributed by atoms with Crippen LogP contribution in [0.15, 0.2) is 54.6 Å². The number of nitrogens with one attached hydrogen (secondary N) is 2. The summed E-state index contributed by atoms with van der Waals surface area (Å²) < 4.78 is 5.77. The van der Waals surface area contributed by atoms with Crippen molar-refractivity contribution in [3.63, 3.8) is 0 Å². The van der Waals surface area contributed by atoms with Gasteiger partial charge in [-0.1, -0.05) is 41.4 Å². The Kier molecular flexibility index (Phi) is 9.34. The molecule has 0 bridgehead atoms. The minimum Gasteiger partial charge on any atom is -0.494 e. The number of hydrogen-bond donors (Lipinski definition) is 3. The molecule has 0 spiro atoms. The Labute approximate surface area is 214 Å². The predicted molar refractivity (Wildman–Crippen MR) is 138 cm³/mol. The molecule has 3 rings (SSSR count). The van der Waals surface area contributed by atoms with Gasteiger partial charge in [0.05, 0.1) is 22.2 Å². The summed E-state index contributed by atoms with van der Waals surface area (Å²) in [6, 6.07) is 14.6. The molecule has 0 radical (unpaired) electrons. The minimum absolute atomic E-state index is 0.0497. The van der Waals surface area contributed by atoms with Gasteiger partial charge in [-0.3, -0.25) is 4.79 Å². The first-order valence-corrected chi connectivity index (χ1v) is 11.9. The first-order valence-electron chi connectivity index (χ1n) is 11.1. The molecule has 3 N–H and O–H groups in total. The Balaban J connectivity index is 1.48. The molecular weight excluding hydrogens is 489 g/mol. The fourth-order valence-corrected chi connectivity index (χ4v) is 4.08. The quantitative estimate of drug-likeness (QED) is 0.299. The zero-order valence-corrected chi connectivity index (χ0v) is 21.0. The molecule has 1 aromatic heterocycles. The van der Waals surface area contributed by atoms with Gasteiger partial charge < -0.3 is 20.5 Å². The monoisotopic (exact) mass is 515 g/mol. The fourth-order valence-electron chi connectivity index (χ4n) is 3.51. The van der Waals surface area contributed by atoms with Crippen molar-refractivity contribution in [2.45, 2.75) is 32.7 Å². The number of carbonyl (C=O) groups excluding carboxylic acids is 1. The lowest BCUT2D eigenvalue weighted by atomic mass is 10.1. The van der Waals surface area contributed by atoms with E-state index in [1.165, 1.54) is 12.1 Å². The van der Waals surface area contributed by atoms with Crippen LogP contribution in [0.5, 0.6) is 5.75 Å². The molecular formula is C26H27Cl2N3O4. The number of anilines is 1. The van der Waals surface area contributed by atoms with Crippen LogP contribution in [0.25, 0.3) is 0 Å². The summed E-state index contributed by atoms with van der Waals surface area (Å²) in [5, 5.41) is 15.7. The first kappa shape index (κ1) is 26.3. The van der Waals surface area contributed by atoms with Crippen LogP contribution >= 0.6 is 23.2 Å². The van der Waals surface area contributed by atoms with E-state index in [2.05, 4.69) is 15.6 Å². The van der Waals surface area contributed by atoms with Gasteiger partial charge in [-0.25, -0.2) is 9.78 Å². The number of aromatic nitrogens is 1. The number of ether oxygens (including phenoxy) is 1. The summed E-state index contributed by atoms with van der Waals surface area (Å²) >= 11 is 12.1. The van der Waals surface area contributed by atoms with Crippen molar-refractivity contribution in [3.05, 3.63) is 87.0 Å². The number of rotatable bonds is 11. The van der Waals surface area contributed by atoms with Crippen molar-refractivity contribution in [2.75, 3.05) is 18.5 Å². The van der Waals surface area contributed by atoms with Crippen LogP contribution in [-0.4, -0.2) is 41.2 Å². The van der Waals surface area contributed by atoms with E-state index in [-0.39, 0.29) is 22.0 Å². The second kappa shape index (κ2) is 12.4. The average Bonchev–Trinajstić information content (AvgIpc) is 2.78. The van der Waals surface area contributed by atoms with Crippen molar-refractivity contribution in [2.24, 2.45) is 0 Å². The highest BCUT2D eigenvalue weighted by Gasteiger charge is 2.23. The van der Waals surface area contributed by atoms with E-state index in [0.717, 1.165) is 35.6 Å². The number of carbonyl (C=O) groups is 2. The molecule has 1 amide bonds. The fraction of sp³-hybridized carbons (Fsp3) is 0.269. The molecule has 0 aliphatic rings. The third kappa shape index (κ3) is 7.87. The number of carboxylic acid groups (broad SMARTS) is 1. The molecule has 0 saturated heterocycles. The van der Waals surface area contributed by atoms with Gasteiger partial charge in [0.25, 0.3) is 5.91 Å². The van der Waals surface area contributed by atoms with Crippen LogP contribution in [0.1, 0.15) is 33.6 Å². The number of halogens is 2. The Morgan fingerprint density at radius 2 is 1.74 bits per heavy atom. The van der Waals surface area contributed by atoms with Crippen LogP contribution in [0, 0.1) is 13.8 Å². The van der Waals surface area contributed by atoms with Crippen LogP contribution in [0.2, 0.25) is 10.0 Å². The van der Waals surface area contributed by atoms with Gasteiger partial charge in [0, 0.05) is 18.7 Å². The van der Waals surface area contributed by atoms with Crippen LogP contribution in [0.3, 0.4) is 0 Å². The highest BCUT2D eigenvalue weighted by atomic mass is 35.5. The summed E-state index contributed by atoms with van der Waals surface area (Å²) in [6.07, 6.45) is 0.879. The molecule has 7 nitrogen and oxygen atoms in total. The number of aliphatic carboxylic acids is 1. The molecule has 0 saturated carbocycles. The highest BCUT2D eigenvalue weighted by Crippen LogP contribution is 2.24. The molecule has 0 aliphatic carbocycles. The second-order valence-electron chi connectivity index (χ2n) is 8.11. The molecule has 2 aromatic carbocycles. The maximum Gasteiger partial charge on any atom is 0.326 e. The van der Waals surface area contributed by atoms with Crippen LogP contribution in [-0.2, 0) is 11.2 Å². The van der Waals surface area contributed by atoms with Gasteiger partial charge in [-0.15, -0.1) is 0 Å². The number of carboxylic acids is 1. The number of amides is 1. The van der Waals surface area contributed by atoms with Gasteiger partial charge in [-0.05, 0) is 67.8 Å². The third-order valence-corrected chi connectivity index (χ3v) is 5.78. The normalized spacial score (nSPS) is 11.5. The molecule has 3 aromatic rings. The maximum absolute atomic E-state index is 12.6. The lowest BCUT2D eigenvalue weighted by Crippen LogP contribution is -2.42. The lowest BCUT2D eigenvalue weighted by molar-refractivity contribution is -0.139. The van der Waals surface area contributed by atoms with E-state index in [1.54, 1.807) is 30.3 Å². The molecule has 184 valence electrons. The van der Waals surface area contributed by atoms with Gasteiger partial charge in [0.15, 0.2) is 0 Å². The van der Waals surface area contributed by atoms with Crippen molar-refractivity contribution >= 4 is 40.9 Å². The van der Waals surface area contributed by atoms with Gasteiger partial charge in [0.1, 0.15) is 17.6 Å². The second-order valence-corrected chi connectivity index (χ2v) is 8.92. The molecule has 1 atom stereocenters. The summed E-state index contributed by atoms with van der Waals surface area (Å²) in [7, 11) is 0. The Morgan fingerprint density at radius 3 is 2.37 bits per heavy atom. The van der Waals surface area contributed by atoms with Gasteiger partial charge in [-0.2, -0.15) is 0 Å². The van der Waals surface area contributed by atoms with E-state index in [1.807, 2.05) is 26.0 Å².